The van der Waals surface area contributed by atoms with Gasteiger partial charge in [-0.2, -0.15) is 0 Å². The van der Waals surface area contributed by atoms with Crippen LogP contribution in [0.15, 0.2) is 24.3 Å². The number of likely N-dealkylation sites (N-methyl/N-ethyl adjacent to an activating group) is 1. The fourth-order valence-corrected chi connectivity index (χ4v) is 2.60. The van der Waals surface area contributed by atoms with E-state index in [2.05, 4.69) is 20.5 Å². The maximum atomic E-state index is 11.9. The Kier molecular flexibility index (Phi) is 6.14. The maximum absolute atomic E-state index is 11.9. The lowest BCUT2D eigenvalue weighted by molar-refractivity contribution is -0.124. The fourth-order valence-electron chi connectivity index (χ4n) is 2.60. The molecule has 1 saturated heterocycles. The van der Waals surface area contributed by atoms with Gasteiger partial charge in [-0.25, -0.2) is 0 Å². The molecule has 0 aliphatic carbocycles. The quantitative estimate of drug-likeness (QED) is 0.508. The van der Waals surface area contributed by atoms with Gasteiger partial charge >= 0.3 is 0 Å². The van der Waals surface area contributed by atoms with Crippen LogP contribution in [0.25, 0.3) is 0 Å². The summed E-state index contributed by atoms with van der Waals surface area (Å²) in [6, 6.07) is 2.92. The lowest BCUT2D eigenvalue weighted by atomic mass is 10.2. The molecule has 0 aromatic carbocycles. The van der Waals surface area contributed by atoms with Crippen LogP contribution in [0.1, 0.15) is 33.8 Å². The summed E-state index contributed by atoms with van der Waals surface area (Å²) in [6.45, 7) is 1.70. The zero-order valence-electron chi connectivity index (χ0n) is 13.7. The van der Waals surface area contributed by atoms with Crippen molar-refractivity contribution in [2.45, 2.75) is 18.9 Å². The summed E-state index contributed by atoms with van der Waals surface area (Å²) in [5.74, 6) is -0.907. The lowest BCUT2D eigenvalue weighted by Gasteiger charge is -2.17. The van der Waals surface area contributed by atoms with Gasteiger partial charge in [0.05, 0.1) is 6.04 Å². The van der Waals surface area contributed by atoms with Crippen LogP contribution in [0.4, 0.5) is 0 Å². The highest BCUT2D eigenvalue weighted by Gasteiger charge is 2.26. The number of carbonyl (C=O) groups is 3. The van der Waals surface area contributed by atoms with Gasteiger partial charge in [0.1, 0.15) is 11.4 Å². The van der Waals surface area contributed by atoms with Crippen LogP contribution < -0.4 is 16.4 Å². The molecule has 1 atom stereocenters. The summed E-state index contributed by atoms with van der Waals surface area (Å²) in [7, 11) is 1.95. The monoisotopic (exact) mass is 333 g/mol. The molecule has 5 N–H and O–H groups in total. The Balaban J connectivity index is 1.66. The number of hydrogen-bond donors (Lipinski definition) is 4. The number of rotatable bonds is 7. The Bertz CT molecular complexity index is 637. The fraction of sp³-hybridized carbons (Fsp3) is 0.438. The number of amides is 3. The molecule has 1 aromatic heterocycles. The molecular formula is C16H23N5O3. The molecule has 24 heavy (non-hydrogen) atoms. The average Bonchev–Trinajstić information content (AvgIpc) is 3.19. The number of H-pyrrole nitrogens is 1. The van der Waals surface area contributed by atoms with E-state index in [0.29, 0.717) is 13.1 Å². The van der Waals surface area contributed by atoms with Crippen molar-refractivity contribution in [2.24, 2.45) is 5.73 Å². The van der Waals surface area contributed by atoms with Crippen LogP contribution in [-0.2, 0) is 4.79 Å². The molecule has 0 radical (unpaired) electrons. The second kappa shape index (κ2) is 8.30. The van der Waals surface area contributed by atoms with Crippen molar-refractivity contribution in [2.75, 3.05) is 26.7 Å². The van der Waals surface area contributed by atoms with E-state index in [1.54, 1.807) is 12.2 Å². The van der Waals surface area contributed by atoms with Gasteiger partial charge in [0, 0.05) is 13.1 Å². The van der Waals surface area contributed by atoms with Crippen molar-refractivity contribution in [3.05, 3.63) is 35.7 Å². The molecule has 130 valence electrons. The van der Waals surface area contributed by atoms with E-state index in [0.717, 1.165) is 19.4 Å². The number of carbonyl (C=O) groups excluding carboxylic acids is 3. The molecule has 1 aromatic rings. The van der Waals surface area contributed by atoms with Gasteiger partial charge in [-0.05, 0) is 38.6 Å². The predicted molar refractivity (Wildman–Crippen MR) is 89.4 cm³/mol. The highest BCUT2D eigenvalue weighted by molar-refractivity contribution is 5.96. The van der Waals surface area contributed by atoms with Crippen molar-refractivity contribution in [3.63, 3.8) is 0 Å². The minimum Gasteiger partial charge on any atom is -0.364 e. The topological polar surface area (TPSA) is 120 Å². The average molecular weight is 333 g/mol. The summed E-state index contributed by atoms with van der Waals surface area (Å²) in [5.41, 5.74) is 5.57. The summed E-state index contributed by atoms with van der Waals surface area (Å²) >= 11 is 0. The zero-order chi connectivity index (χ0) is 17.5. The van der Waals surface area contributed by atoms with Gasteiger partial charge in [-0.1, -0.05) is 12.2 Å². The second-order valence-corrected chi connectivity index (χ2v) is 5.72. The molecule has 0 bridgehead atoms. The largest absolute Gasteiger partial charge is 0.364 e. The Morgan fingerprint density at radius 1 is 1.25 bits per heavy atom. The SMILES string of the molecule is CN1CCC[C@@H]1C(=O)NC/C=C/CNC(=O)c1ccc(C(N)=O)[nH]1. The molecule has 2 rings (SSSR count). The highest BCUT2D eigenvalue weighted by atomic mass is 16.2. The lowest BCUT2D eigenvalue weighted by Crippen LogP contribution is -2.41. The van der Waals surface area contributed by atoms with E-state index in [1.165, 1.54) is 12.1 Å². The smallest absolute Gasteiger partial charge is 0.267 e. The van der Waals surface area contributed by atoms with E-state index in [9.17, 15) is 14.4 Å². The van der Waals surface area contributed by atoms with Crippen molar-refractivity contribution in [3.8, 4) is 0 Å². The third-order valence-electron chi connectivity index (χ3n) is 3.96. The first-order valence-electron chi connectivity index (χ1n) is 7.89. The van der Waals surface area contributed by atoms with Crippen molar-refractivity contribution < 1.29 is 14.4 Å². The van der Waals surface area contributed by atoms with Gasteiger partial charge in [0.25, 0.3) is 11.8 Å². The molecule has 8 heteroatoms. The number of nitrogens with two attached hydrogens (primary N) is 1. The van der Waals surface area contributed by atoms with Crippen LogP contribution >= 0.6 is 0 Å². The Morgan fingerprint density at radius 3 is 2.50 bits per heavy atom. The number of aromatic nitrogens is 1. The first kappa shape index (κ1) is 17.7. The summed E-state index contributed by atoms with van der Waals surface area (Å²) < 4.78 is 0. The van der Waals surface area contributed by atoms with Crippen LogP contribution in [0.3, 0.4) is 0 Å². The molecule has 2 heterocycles. The first-order chi connectivity index (χ1) is 11.5. The summed E-state index contributed by atoms with van der Waals surface area (Å²) in [4.78, 5) is 39.4. The molecule has 0 unspecified atom stereocenters. The molecule has 3 amide bonds. The summed E-state index contributed by atoms with van der Waals surface area (Å²) in [6.07, 6.45) is 5.49. The maximum Gasteiger partial charge on any atom is 0.267 e. The Morgan fingerprint density at radius 2 is 1.92 bits per heavy atom. The standard InChI is InChI=1S/C16H23N5O3/c1-21-10-4-5-13(21)16(24)19-9-3-2-8-18-15(23)12-7-6-11(20-12)14(17)22/h2-3,6-7,13,20H,4-5,8-10H2,1H3,(H2,17,22)(H,18,23)(H,19,24)/b3-2+/t13-/m1/s1. The number of hydrogen-bond acceptors (Lipinski definition) is 4. The van der Waals surface area contributed by atoms with Gasteiger partial charge < -0.3 is 21.4 Å². The van der Waals surface area contributed by atoms with E-state index < -0.39 is 5.91 Å². The van der Waals surface area contributed by atoms with Gasteiger partial charge in [-0.3, -0.25) is 19.3 Å². The third-order valence-corrected chi connectivity index (χ3v) is 3.96. The number of primary amides is 1. The first-order valence-corrected chi connectivity index (χ1v) is 7.89. The zero-order valence-corrected chi connectivity index (χ0v) is 13.7. The molecule has 1 aliphatic heterocycles. The highest BCUT2D eigenvalue weighted by Crippen LogP contribution is 2.14. The van der Waals surface area contributed by atoms with Crippen LogP contribution in [-0.4, -0.2) is 60.3 Å². The Labute approximate surface area is 140 Å². The molecule has 1 fully saturated rings. The van der Waals surface area contributed by atoms with Crippen LogP contribution in [0, 0.1) is 0 Å². The van der Waals surface area contributed by atoms with Crippen molar-refractivity contribution in [1.29, 1.82) is 0 Å². The Hall–Kier alpha value is -2.61. The predicted octanol–water partition coefficient (Wildman–Crippen LogP) is -0.390. The van der Waals surface area contributed by atoms with Gasteiger partial charge in [0.2, 0.25) is 5.91 Å². The van der Waals surface area contributed by atoms with Gasteiger partial charge in [0.15, 0.2) is 0 Å². The van der Waals surface area contributed by atoms with Crippen LogP contribution in [0.2, 0.25) is 0 Å². The van der Waals surface area contributed by atoms with E-state index in [4.69, 9.17) is 5.73 Å². The second-order valence-electron chi connectivity index (χ2n) is 5.72. The molecule has 1 aliphatic rings. The van der Waals surface area contributed by atoms with Crippen molar-refractivity contribution in [1.82, 2.24) is 20.5 Å². The third kappa shape index (κ3) is 4.69. The number of nitrogens with zero attached hydrogens (tertiary/aromatic N) is 1. The minimum atomic E-state index is -0.613. The molecule has 0 saturated carbocycles. The van der Waals surface area contributed by atoms with E-state index in [1.807, 2.05) is 7.05 Å². The number of nitrogens with one attached hydrogen (secondary N) is 3. The van der Waals surface area contributed by atoms with Gasteiger partial charge in [-0.15, -0.1) is 0 Å². The number of aromatic amines is 1. The van der Waals surface area contributed by atoms with Crippen LogP contribution in [0.5, 0.6) is 0 Å². The molecule has 0 spiro atoms. The van der Waals surface area contributed by atoms with Crippen molar-refractivity contribution >= 4 is 17.7 Å². The normalized spacial score (nSPS) is 18.0. The minimum absolute atomic E-state index is 0.0362. The van der Waals surface area contributed by atoms with E-state index >= 15 is 0 Å². The molecule has 8 nitrogen and oxygen atoms in total. The summed E-state index contributed by atoms with van der Waals surface area (Å²) in [5, 5.41) is 5.52. The number of likely N-dealkylation sites (tertiary alicyclic amines) is 1. The van der Waals surface area contributed by atoms with E-state index in [-0.39, 0.29) is 29.2 Å². The molecular weight excluding hydrogens is 310 g/mol.